The van der Waals surface area contributed by atoms with Gasteiger partial charge >= 0.3 is 0 Å². The maximum atomic E-state index is 5.71. The Kier molecular flexibility index (Phi) is 5.20. The molecule has 1 unspecified atom stereocenters. The molecular weight excluding hydrogens is 290 g/mol. The maximum Gasteiger partial charge on any atom is 0.159 e. The first-order valence-electron chi connectivity index (χ1n) is 8.07. The van der Waals surface area contributed by atoms with E-state index in [1.54, 1.807) is 7.11 Å². The second-order valence-electron chi connectivity index (χ2n) is 5.78. The first-order valence-corrected chi connectivity index (χ1v) is 8.07. The Hall–Kier alpha value is -1.98. The fourth-order valence-electron chi connectivity index (χ4n) is 2.75. The van der Waals surface area contributed by atoms with Crippen LogP contribution in [0.5, 0.6) is 5.75 Å². The molecule has 0 saturated carbocycles. The number of ether oxygens (including phenoxy) is 2. The lowest BCUT2D eigenvalue weighted by Gasteiger charge is -2.32. The zero-order valence-corrected chi connectivity index (χ0v) is 13.7. The van der Waals surface area contributed by atoms with E-state index in [9.17, 15) is 0 Å². The van der Waals surface area contributed by atoms with Gasteiger partial charge in [0.25, 0.3) is 0 Å². The predicted molar refractivity (Wildman–Crippen MR) is 89.3 cm³/mol. The lowest BCUT2D eigenvalue weighted by Crippen LogP contribution is -2.41. The topological polar surface area (TPSA) is 47.5 Å². The van der Waals surface area contributed by atoms with Crippen LogP contribution in [0.25, 0.3) is 11.4 Å². The highest BCUT2D eigenvalue weighted by atomic mass is 16.5. The summed E-state index contributed by atoms with van der Waals surface area (Å²) in [4.78, 5) is 11.4. The molecule has 1 atom stereocenters. The quantitative estimate of drug-likeness (QED) is 0.849. The number of methoxy groups -OCH3 is 1. The summed E-state index contributed by atoms with van der Waals surface area (Å²) in [5.74, 6) is 1.58. The van der Waals surface area contributed by atoms with Crippen molar-refractivity contribution in [3.05, 3.63) is 42.2 Å². The molecule has 0 radical (unpaired) electrons. The molecule has 0 amide bonds. The van der Waals surface area contributed by atoms with Crippen LogP contribution in [-0.2, 0) is 11.3 Å². The largest absolute Gasteiger partial charge is 0.497 e. The molecule has 23 heavy (non-hydrogen) atoms. The van der Waals surface area contributed by atoms with Gasteiger partial charge in [0.05, 0.1) is 19.8 Å². The predicted octanol–water partition coefficient (Wildman–Crippen LogP) is 2.76. The molecule has 1 aliphatic rings. The van der Waals surface area contributed by atoms with Gasteiger partial charge in [-0.15, -0.1) is 0 Å². The zero-order chi connectivity index (χ0) is 16.1. The van der Waals surface area contributed by atoms with Crippen molar-refractivity contribution in [2.24, 2.45) is 0 Å². The third-order valence-electron chi connectivity index (χ3n) is 4.14. The van der Waals surface area contributed by atoms with Gasteiger partial charge in [0.1, 0.15) is 5.75 Å². The lowest BCUT2D eigenvalue weighted by molar-refractivity contribution is -0.0325. The van der Waals surface area contributed by atoms with Gasteiger partial charge in [0, 0.05) is 43.2 Å². The Labute approximate surface area is 137 Å². The van der Waals surface area contributed by atoms with Crippen LogP contribution >= 0.6 is 0 Å². The molecular formula is C18H23N3O2. The summed E-state index contributed by atoms with van der Waals surface area (Å²) in [5, 5.41) is 0. The Bertz CT molecular complexity index is 613. The van der Waals surface area contributed by atoms with Crippen molar-refractivity contribution < 1.29 is 9.47 Å². The molecule has 0 bridgehead atoms. The number of benzene rings is 1. The van der Waals surface area contributed by atoms with Crippen LogP contribution in [0.4, 0.5) is 0 Å². The summed E-state index contributed by atoms with van der Waals surface area (Å²) >= 11 is 0. The first kappa shape index (κ1) is 15.9. The van der Waals surface area contributed by atoms with E-state index in [-0.39, 0.29) is 0 Å². The van der Waals surface area contributed by atoms with Gasteiger partial charge < -0.3 is 9.47 Å². The van der Waals surface area contributed by atoms with E-state index in [1.165, 1.54) is 0 Å². The summed E-state index contributed by atoms with van der Waals surface area (Å²) in [6, 6.07) is 7.79. The number of nitrogens with zero attached hydrogens (tertiary/aromatic N) is 3. The fraction of sp³-hybridized carbons (Fsp3) is 0.444. The Morgan fingerprint density at radius 2 is 1.96 bits per heavy atom. The highest BCUT2D eigenvalue weighted by molar-refractivity contribution is 5.55. The molecule has 1 aromatic carbocycles. The second-order valence-corrected chi connectivity index (χ2v) is 5.78. The molecule has 0 spiro atoms. The van der Waals surface area contributed by atoms with E-state index in [2.05, 4.69) is 21.8 Å². The summed E-state index contributed by atoms with van der Waals surface area (Å²) in [7, 11) is 1.66. The molecule has 1 aromatic heterocycles. The van der Waals surface area contributed by atoms with Crippen molar-refractivity contribution in [3.8, 4) is 17.1 Å². The van der Waals surface area contributed by atoms with Crippen molar-refractivity contribution in [1.82, 2.24) is 14.9 Å². The summed E-state index contributed by atoms with van der Waals surface area (Å²) in [6.45, 7) is 5.81. The lowest BCUT2D eigenvalue weighted by atomic mass is 10.2. The zero-order valence-electron chi connectivity index (χ0n) is 13.7. The summed E-state index contributed by atoms with van der Waals surface area (Å²) in [5.41, 5.74) is 2.13. The van der Waals surface area contributed by atoms with Crippen molar-refractivity contribution >= 4 is 0 Å². The number of hydrogen-bond acceptors (Lipinski definition) is 5. The molecule has 1 aliphatic heterocycles. The van der Waals surface area contributed by atoms with Gasteiger partial charge in [-0.05, 0) is 30.7 Å². The standard InChI is InChI=1S/C18H23N3O2/c1-3-16-13-21(8-9-23-16)12-14-10-19-18(20-11-14)15-4-6-17(22-2)7-5-15/h4-7,10-11,16H,3,8-9,12-13H2,1-2H3. The second kappa shape index (κ2) is 7.53. The molecule has 0 N–H and O–H groups in total. The molecule has 5 nitrogen and oxygen atoms in total. The first-order chi connectivity index (χ1) is 11.3. The molecule has 122 valence electrons. The van der Waals surface area contributed by atoms with E-state index in [0.717, 1.165) is 55.4 Å². The van der Waals surface area contributed by atoms with Crippen LogP contribution in [0.2, 0.25) is 0 Å². The number of morpholine rings is 1. The molecule has 0 aliphatic carbocycles. The summed E-state index contributed by atoms with van der Waals surface area (Å²) in [6.07, 6.45) is 5.25. The van der Waals surface area contributed by atoms with Gasteiger partial charge in [-0.3, -0.25) is 4.90 Å². The third-order valence-corrected chi connectivity index (χ3v) is 4.14. The molecule has 2 aromatic rings. The van der Waals surface area contributed by atoms with Crippen LogP contribution in [-0.4, -0.2) is 47.8 Å². The monoisotopic (exact) mass is 313 g/mol. The van der Waals surface area contributed by atoms with Crippen LogP contribution in [0.15, 0.2) is 36.7 Å². The van der Waals surface area contributed by atoms with E-state index in [4.69, 9.17) is 9.47 Å². The number of rotatable bonds is 5. The van der Waals surface area contributed by atoms with E-state index in [1.807, 2.05) is 36.7 Å². The van der Waals surface area contributed by atoms with Crippen molar-refractivity contribution in [1.29, 1.82) is 0 Å². The molecule has 2 heterocycles. The highest BCUT2D eigenvalue weighted by Gasteiger charge is 2.19. The SMILES string of the molecule is CCC1CN(Cc2cnc(-c3ccc(OC)cc3)nc2)CCO1. The molecule has 3 rings (SSSR count). The highest BCUT2D eigenvalue weighted by Crippen LogP contribution is 2.19. The maximum absolute atomic E-state index is 5.71. The third kappa shape index (κ3) is 4.06. The van der Waals surface area contributed by atoms with Crippen molar-refractivity contribution in [2.45, 2.75) is 26.0 Å². The Morgan fingerprint density at radius 1 is 1.22 bits per heavy atom. The average molecular weight is 313 g/mol. The Balaban J connectivity index is 1.64. The smallest absolute Gasteiger partial charge is 0.159 e. The van der Waals surface area contributed by atoms with Crippen LogP contribution in [0.3, 0.4) is 0 Å². The Morgan fingerprint density at radius 3 is 2.61 bits per heavy atom. The van der Waals surface area contributed by atoms with Gasteiger partial charge in [-0.1, -0.05) is 6.92 Å². The van der Waals surface area contributed by atoms with Crippen LogP contribution in [0, 0.1) is 0 Å². The minimum atomic E-state index is 0.350. The van der Waals surface area contributed by atoms with Crippen LogP contribution < -0.4 is 4.74 Å². The summed E-state index contributed by atoms with van der Waals surface area (Å²) < 4.78 is 10.9. The van der Waals surface area contributed by atoms with Gasteiger partial charge in [0.15, 0.2) is 5.82 Å². The van der Waals surface area contributed by atoms with E-state index >= 15 is 0 Å². The molecule has 5 heteroatoms. The molecule has 1 fully saturated rings. The fourth-order valence-corrected chi connectivity index (χ4v) is 2.75. The van der Waals surface area contributed by atoms with E-state index in [0.29, 0.717) is 6.10 Å². The van der Waals surface area contributed by atoms with Crippen molar-refractivity contribution in [3.63, 3.8) is 0 Å². The number of aromatic nitrogens is 2. The van der Waals surface area contributed by atoms with Gasteiger partial charge in [-0.25, -0.2) is 9.97 Å². The molecule has 1 saturated heterocycles. The van der Waals surface area contributed by atoms with Crippen molar-refractivity contribution in [2.75, 3.05) is 26.8 Å². The minimum absolute atomic E-state index is 0.350. The van der Waals surface area contributed by atoms with Gasteiger partial charge in [0.2, 0.25) is 0 Å². The minimum Gasteiger partial charge on any atom is -0.497 e. The van der Waals surface area contributed by atoms with Gasteiger partial charge in [-0.2, -0.15) is 0 Å². The average Bonchev–Trinajstić information content (AvgIpc) is 2.63. The normalized spacial score (nSPS) is 18.8. The van der Waals surface area contributed by atoms with E-state index < -0.39 is 0 Å². The number of hydrogen-bond donors (Lipinski definition) is 0. The van der Waals surface area contributed by atoms with Crippen LogP contribution in [0.1, 0.15) is 18.9 Å².